The molecular weight excluding hydrogens is 458 g/mol. The Kier molecular flexibility index (Phi) is 6.91. The van der Waals surface area contributed by atoms with Crippen LogP contribution in [0.5, 0.6) is 5.75 Å². The lowest BCUT2D eigenvalue weighted by atomic mass is 9.96. The SMILES string of the molecule is COc1ccc(C[C@@H]2C[C@@H](C(=O)NCc3ccc4c(c3)nnn4C)N(C(=O)[C@@H]3CC[C@@H](O)C3)C2)cc1. The predicted octanol–water partition coefficient (Wildman–Crippen LogP) is 2.21. The summed E-state index contributed by atoms with van der Waals surface area (Å²) in [6.07, 6.45) is 2.76. The molecule has 2 heterocycles. The lowest BCUT2D eigenvalue weighted by molar-refractivity contribution is -0.141. The molecule has 0 bridgehead atoms. The number of methoxy groups -OCH3 is 1. The lowest BCUT2D eigenvalue weighted by Crippen LogP contribution is -2.47. The van der Waals surface area contributed by atoms with Crippen LogP contribution in [0.4, 0.5) is 0 Å². The monoisotopic (exact) mass is 491 g/mol. The van der Waals surface area contributed by atoms with Crippen LogP contribution in [0.1, 0.15) is 36.8 Å². The van der Waals surface area contributed by atoms with E-state index in [1.54, 1.807) is 16.7 Å². The summed E-state index contributed by atoms with van der Waals surface area (Å²) >= 11 is 0. The maximum atomic E-state index is 13.4. The van der Waals surface area contributed by atoms with E-state index in [0.29, 0.717) is 38.8 Å². The Hall–Kier alpha value is -3.46. The molecule has 2 fully saturated rings. The molecule has 1 aliphatic heterocycles. The Balaban J connectivity index is 1.28. The minimum atomic E-state index is -0.515. The van der Waals surface area contributed by atoms with E-state index in [4.69, 9.17) is 4.74 Å². The molecule has 2 N–H and O–H groups in total. The summed E-state index contributed by atoms with van der Waals surface area (Å²) in [6, 6.07) is 13.2. The van der Waals surface area contributed by atoms with Crippen LogP contribution in [0.15, 0.2) is 42.5 Å². The van der Waals surface area contributed by atoms with Crippen LogP contribution in [-0.2, 0) is 29.6 Å². The van der Waals surface area contributed by atoms with E-state index >= 15 is 0 Å². The minimum absolute atomic E-state index is 0.00934. The van der Waals surface area contributed by atoms with Gasteiger partial charge in [0.2, 0.25) is 11.8 Å². The van der Waals surface area contributed by atoms with Gasteiger partial charge in [0.25, 0.3) is 0 Å². The largest absolute Gasteiger partial charge is 0.497 e. The van der Waals surface area contributed by atoms with Gasteiger partial charge in [-0.2, -0.15) is 0 Å². The van der Waals surface area contributed by atoms with Gasteiger partial charge in [-0.15, -0.1) is 5.10 Å². The average molecular weight is 492 g/mol. The van der Waals surface area contributed by atoms with Gasteiger partial charge < -0.3 is 20.1 Å². The van der Waals surface area contributed by atoms with Crippen molar-refractivity contribution in [2.24, 2.45) is 18.9 Å². The molecule has 1 saturated heterocycles. The third kappa shape index (κ3) is 5.06. The maximum Gasteiger partial charge on any atom is 0.243 e. The highest BCUT2D eigenvalue weighted by molar-refractivity contribution is 5.89. The molecule has 4 atom stereocenters. The van der Waals surface area contributed by atoms with E-state index in [9.17, 15) is 14.7 Å². The number of benzene rings is 2. The highest BCUT2D eigenvalue weighted by atomic mass is 16.5. The number of aliphatic hydroxyl groups excluding tert-OH is 1. The fraction of sp³-hybridized carbons (Fsp3) is 0.481. The van der Waals surface area contributed by atoms with Crippen LogP contribution in [-0.4, -0.2) is 62.6 Å². The molecular formula is C27H33N5O4. The maximum absolute atomic E-state index is 13.4. The third-order valence-electron chi connectivity index (χ3n) is 7.55. The fourth-order valence-corrected chi connectivity index (χ4v) is 5.58. The van der Waals surface area contributed by atoms with Gasteiger partial charge in [-0.1, -0.05) is 23.4 Å². The van der Waals surface area contributed by atoms with Crippen LogP contribution >= 0.6 is 0 Å². The molecule has 0 unspecified atom stereocenters. The summed E-state index contributed by atoms with van der Waals surface area (Å²) in [6.45, 7) is 0.899. The highest BCUT2D eigenvalue weighted by Crippen LogP contribution is 2.33. The smallest absolute Gasteiger partial charge is 0.243 e. The van der Waals surface area contributed by atoms with Crippen molar-refractivity contribution in [3.8, 4) is 5.75 Å². The summed E-state index contributed by atoms with van der Waals surface area (Å²) in [5.74, 6) is 0.622. The van der Waals surface area contributed by atoms with Gasteiger partial charge in [-0.3, -0.25) is 9.59 Å². The number of likely N-dealkylation sites (tertiary alicyclic amines) is 1. The number of hydrogen-bond acceptors (Lipinski definition) is 6. The minimum Gasteiger partial charge on any atom is -0.497 e. The highest BCUT2D eigenvalue weighted by Gasteiger charge is 2.42. The van der Waals surface area contributed by atoms with E-state index in [1.807, 2.05) is 49.5 Å². The van der Waals surface area contributed by atoms with Crippen molar-refractivity contribution in [2.45, 2.75) is 50.8 Å². The zero-order chi connectivity index (χ0) is 25.2. The molecule has 2 aromatic carbocycles. The first-order valence-corrected chi connectivity index (χ1v) is 12.6. The summed E-state index contributed by atoms with van der Waals surface area (Å²) in [5, 5.41) is 21.2. The average Bonchev–Trinajstić information content (AvgIpc) is 3.61. The number of nitrogens with zero attached hydrogens (tertiary/aromatic N) is 4. The molecule has 1 aliphatic carbocycles. The van der Waals surface area contributed by atoms with E-state index in [2.05, 4.69) is 15.6 Å². The molecule has 9 nitrogen and oxygen atoms in total. The Morgan fingerprint density at radius 2 is 1.89 bits per heavy atom. The van der Waals surface area contributed by atoms with Crippen molar-refractivity contribution in [3.05, 3.63) is 53.6 Å². The van der Waals surface area contributed by atoms with E-state index in [0.717, 1.165) is 34.3 Å². The summed E-state index contributed by atoms with van der Waals surface area (Å²) < 4.78 is 6.97. The molecule has 190 valence electrons. The molecule has 9 heteroatoms. The molecule has 1 saturated carbocycles. The summed E-state index contributed by atoms with van der Waals surface area (Å²) in [7, 11) is 3.48. The topological polar surface area (TPSA) is 110 Å². The normalized spacial score (nSPS) is 23.8. The second-order valence-electron chi connectivity index (χ2n) is 10.1. The van der Waals surface area contributed by atoms with Crippen LogP contribution in [0.2, 0.25) is 0 Å². The van der Waals surface area contributed by atoms with Gasteiger partial charge in [0.15, 0.2) is 0 Å². The molecule has 3 aromatic rings. The molecule has 2 amide bonds. The quantitative estimate of drug-likeness (QED) is 0.525. The molecule has 36 heavy (non-hydrogen) atoms. The zero-order valence-corrected chi connectivity index (χ0v) is 20.8. The molecule has 2 aliphatic rings. The van der Waals surface area contributed by atoms with E-state index in [-0.39, 0.29) is 23.7 Å². The van der Waals surface area contributed by atoms with Gasteiger partial charge in [-0.05, 0) is 73.4 Å². The Labute approximate surface area is 210 Å². The Morgan fingerprint density at radius 1 is 1.11 bits per heavy atom. The summed E-state index contributed by atoms with van der Waals surface area (Å²) in [5.41, 5.74) is 3.79. The molecule has 1 aromatic heterocycles. The third-order valence-corrected chi connectivity index (χ3v) is 7.55. The molecule has 0 radical (unpaired) electrons. The standard InChI is InChI=1S/C27H33N5O4/c1-31-24-10-5-18(12-23(24)29-30-31)15-28-26(34)25-13-19(11-17-3-8-22(36-2)9-4-17)16-32(25)27(35)20-6-7-21(33)14-20/h3-5,8-10,12,19-21,25,33H,6-7,11,13-16H2,1-2H3,(H,28,34)/t19-,20-,21-,25+/m1/s1. The number of nitrogens with one attached hydrogen (secondary N) is 1. The predicted molar refractivity (Wildman–Crippen MR) is 134 cm³/mol. The van der Waals surface area contributed by atoms with E-state index in [1.165, 1.54) is 0 Å². The Bertz CT molecular complexity index is 1240. The van der Waals surface area contributed by atoms with Crippen LogP contribution in [0.25, 0.3) is 11.0 Å². The number of aryl methyl sites for hydroxylation is 1. The number of rotatable bonds is 7. The van der Waals surface area contributed by atoms with Crippen molar-refractivity contribution in [3.63, 3.8) is 0 Å². The zero-order valence-electron chi connectivity index (χ0n) is 20.8. The fourth-order valence-electron chi connectivity index (χ4n) is 5.58. The van der Waals surface area contributed by atoms with Crippen LogP contribution < -0.4 is 10.1 Å². The number of hydrogen-bond donors (Lipinski definition) is 2. The van der Waals surface area contributed by atoms with Gasteiger partial charge in [0, 0.05) is 26.1 Å². The number of carbonyl (C=O) groups excluding carboxylic acids is 2. The summed E-state index contributed by atoms with van der Waals surface area (Å²) in [4.78, 5) is 28.5. The second kappa shape index (κ2) is 10.3. The number of aromatic nitrogens is 3. The first kappa shape index (κ1) is 24.2. The first-order valence-electron chi connectivity index (χ1n) is 12.6. The van der Waals surface area contributed by atoms with Crippen molar-refractivity contribution < 1.29 is 19.4 Å². The van der Waals surface area contributed by atoms with Gasteiger partial charge >= 0.3 is 0 Å². The number of carbonyl (C=O) groups is 2. The van der Waals surface area contributed by atoms with Crippen molar-refractivity contribution in [1.29, 1.82) is 0 Å². The van der Waals surface area contributed by atoms with Crippen molar-refractivity contribution in [1.82, 2.24) is 25.2 Å². The molecule has 0 spiro atoms. The van der Waals surface area contributed by atoms with Crippen LogP contribution in [0.3, 0.4) is 0 Å². The van der Waals surface area contributed by atoms with Crippen molar-refractivity contribution in [2.75, 3.05) is 13.7 Å². The number of amides is 2. The first-order chi connectivity index (χ1) is 17.4. The van der Waals surface area contributed by atoms with Crippen LogP contribution in [0, 0.1) is 11.8 Å². The second-order valence-corrected chi connectivity index (χ2v) is 10.1. The number of ether oxygens (including phenoxy) is 1. The van der Waals surface area contributed by atoms with Gasteiger partial charge in [0.05, 0.1) is 18.7 Å². The lowest BCUT2D eigenvalue weighted by Gasteiger charge is -2.26. The number of fused-ring (bicyclic) bond motifs is 1. The van der Waals surface area contributed by atoms with Crippen molar-refractivity contribution >= 4 is 22.8 Å². The van der Waals surface area contributed by atoms with Gasteiger partial charge in [-0.25, -0.2) is 4.68 Å². The Morgan fingerprint density at radius 3 is 2.61 bits per heavy atom. The van der Waals surface area contributed by atoms with Gasteiger partial charge in [0.1, 0.15) is 17.3 Å². The van der Waals surface area contributed by atoms with E-state index < -0.39 is 12.1 Å². The molecule has 5 rings (SSSR count). The number of aliphatic hydroxyl groups is 1.